The van der Waals surface area contributed by atoms with Crippen molar-refractivity contribution in [3.05, 3.63) is 11.0 Å². The molecule has 4 nitrogen and oxygen atoms in total. The Bertz CT molecular complexity index is 408. The number of nitriles is 1. The molecule has 0 aromatic heterocycles. The van der Waals surface area contributed by atoms with E-state index in [0.29, 0.717) is 0 Å². The Morgan fingerprint density at radius 1 is 0.810 bits per heavy atom. The lowest BCUT2D eigenvalue weighted by molar-refractivity contribution is 0.423. The Morgan fingerprint density at radius 3 is 1.67 bits per heavy atom. The Hall–Kier alpha value is -0.620. The lowest BCUT2D eigenvalue weighted by Gasteiger charge is -2.36. The maximum absolute atomic E-state index is 9.88. The maximum Gasteiger partial charge on any atom is 0.104 e. The molecule has 3 fully saturated rings. The van der Waals surface area contributed by atoms with Gasteiger partial charge >= 0.3 is 0 Å². The molecule has 0 unspecified atom stereocenters. The van der Waals surface area contributed by atoms with E-state index in [-0.39, 0.29) is 0 Å². The zero-order chi connectivity index (χ0) is 14.7. The Kier molecular flexibility index (Phi) is 5.16. The van der Waals surface area contributed by atoms with Gasteiger partial charge in [-0.1, -0.05) is 0 Å². The first kappa shape index (κ1) is 15.3. The smallest absolute Gasteiger partial charge is 0.104 e. The van der Waals surface area contributed by atoms with Gasteiger partial charge in [0.25, 0.3) is 0 Å². The van der Waals surface area contributed by atoms with Crippen LogP contribution in [0.25, 0.3) is 0 Å². The molecule has 0 N–H and O–H groups in total. The molecule has 0 aliphatic carbocycles. The quantitative estimate of drug-likeness (QED) is 0.589. The van der Waals surface area contributed by atoms with E-state index in [9.17, 15) is 5.26 Å². The molecular weight excluding hydrogens is 279 g/mol. The molecule has 3 saturated heterocycles. The van der Waals surface area contributed by atoms with E-state index in [1.54, 1.807) is 0 Å². The van der Waals surface area contributed by atoms with E-state index >= 15 is 0 Å². The predicted molar refractivity (Wildman–Crippen MR) is 87.7 cm³/mol. The lowest BCUT2D eigenvalue weighted by atomic mass is 10.4. The standard InChI is InChI=1S/C16H27N4P/c1-15(18-8-2-3-9-18)16(14-17)21(19-10-4-5-11-19)20-12-6-7-13-20/h2-13H2,1H3/b16-15-. The zero-order valence-electron chi connectivity index (χ0n) is 13.2. The van der Waals surface area contributed by atoms with Crippen molar-refractivity contribution in [1.29, 1.82) is 5.26 Å². The van der Waals surface area contributed by atoms with Crippen LogP contribution >= 0.6 is 8.22 Å². The van der Waals surface area contributed by atoms with Crippen LogP contribution in [-0.2, 0) is 0 Å². The zero-order valence-corrected chi connectivity index (χ0v) is 14.1. The van der Waals surface area contributed by atoms with Crippen molar-refractivity contribution in [2.75, 3.05) is 39.3 Å². The minimum atomic E-state index is -0.538. The largest absolute Gasteiger partial charge is 0.374 e. The van der Waals surface area contributed by atoms with E-state index in [0.717, 1.165) is 18.4 Å². The molecule has 0 aromatic rings. The molecule has 21 heavy (non-hydrogen) atoms. The minimum absolute atomic E-state index is 0.538. The number of nitrogens with zero attached hydrogens (tertiary/aromatic N) is 4. The first-order chi connectivity index (χ1) is 10.3. The van der Waals surface area contributed by atoms with Crippen LogP contribution in [0, 0.1) is 11.3 Å². The van der Waals surface area contributed by atoms with Crippen LogP contribution in [0.5, 0.6) is 0 Å². The van der Waals surface area contributed by atoms with E-state index in [4.69, 9.17) is 0 Å². The third-order valence-corrected chi connectivity index (χ3v) is 7.63. The van der Waals surface area contributed by atoms with Gasteiger partial charge in [-0.2, -0.15) is 5.26 Å². The third kappa shape index (κ3) is 3.26. The second-order valence-corrected chi connectivity index (χ2v) is 8.51. The summed E-state index contributed by atoms with van der Waals surface area (Å²) in [6.45, 7) is 9.19. The number of likely N-dealkylation sites (tertiary alicyclic amines) is 1. The number of allylic oxidation sites excluding steroid dienone is 2. The summed E-state index contributed by atoms with van der Waals surface area (Å²) >= 11 is 0. The molecule has 3 heterocycles. The van der Waals surface area contributed by atoms with Crippen LogP contribution in [0.1, 0.15) is 45.4 Å². The van der Waals surface area contributed by atoms with Gasteiger partial charge in [-0.15, -0.1) is 0 Å². The second kappa shape index (κ2) is 7.09. The molecule has 0 radical (unpaired) electrons. The van der Waals surface area contributed by atoms with Gasteiger partial charge in [0, 0.05) is 45.0 Å². The van der Waals surface area contributed by atoms with Crippen LogP contribution in [0.2, 0.25) is 0 Å². The van der Waals surface area contributed by atoms with E-state index in [1.807, 2.05) is 0 Å². The third-order valence-electron chi connectivity index (χ3n) is 4.93. The first-order valence-electron chi connectivity index (χ1n) is 8.47. The summed E-state index contributed by atoms with van der Waals surface area (Å²) in [6.07, 6.45) is 7.76. The normalized spacial score (nSPS) is 25.7. The van der Waals surface area contributed by atoms with Gasteiger partial charge in [-0.25, -0.2) is 0 Å². The van der Waals surface area contributed by atoms with Crippen LogP contribution in [0.4, 0.5) is 0 Å². The SMILES string of the molecule is C/C(=C(\C#N)P(N1CCCC1)N1CCCC1)N1CCCC1. The maximum atomic E-state index is 9.88. The fraction of sp³-hybridized carbons (Fsp3) is 0.812. The lowest BCUT2D eigenvalue weighted by Crippen LogP contribution is -2.27. The number of hydrogen-bond donors (Lipinski definition) is 0. The minimum Gasteiger partial charge on any atom is -0.374 e. The Balaban J connectivity index is 1.88. The molecule has 0 atom stereocenters. The summed E-state index contributed by atoms with van der Waals surface area (Å²) in [5.41, 5.74) is 1.26. The van der Waals surface area contributed by atoms with Gasteiger partial charge in [-0.05, 0) is 45.4 Å². The van der Waals surface area contributed by atoms with Crippen molar-refractivity contribution in [3.63, 3.8) is 0 Å². The first-order valence-corrected chi connectivity index (χ1v) is 9.72. The molecule has 5 heteroatoms. The predicted octanol–water partition coefficient (Wildman–Crippen LogP) is 3.34. The molecule has 3 aliphatic rings. The van der Waals surface area contributed by atoms with Gasteiger partial charge in [0.05, 0.1) is 8.22 Å². The average Bonchev–Trinajstić information content (AvgIpc) is 3.27. The van der Waals surface area contributed by atoms with Gasteiger partial charge < -0.3 is 4.90 Å². The van der Waals surface area contributed by atoms with Crippen molar-refractivity contribution in [1.82, 2.24) is 14.2 Å². The second-order valence-electron chi connectivity index (χ2n) is 6.35. The molecule has 0 amide bonds. The Labute approximate surface area is 130 Å². The van der Waals surface area contributed by atoms with Crippen molar-refractivity contribution < 1.29 is 0 Å². The van der Waals surface area contributed by atoms with Crippen molar-refractivity contribution in [2.45, 2.75) is 45.4 Å². The molecular formula is C16H27N4P. The molecule has 3 aliphatic heterocycles. The van der Waals surface area contributed by atoms with Gasteiger partial charge in [0.1, 0.15) is 11.4 Å². The summed E-state index contributed by atoms with van der Waals surface area (Å²) in [5.74, 6) is 0. The van der Waals surface area contributed by atoms with Crippen molar-refractivity contribution >= 4 is 8.22 Å². The Morgan fingerprint density at radius 2 is 1.24 bits per heavy atom. The molecule has 0 aromatic carbocycles. The van der Waals surface area contributed by atoms with E-state index in [2.05, 4.69) is 27.2 Å². The average molecular weight is 306 g/mol. The van der Waals surface area contributed by atoms with E-state index < -0.39 is 8.22 Å². The highest BCUT2D eigenvalue weighted by Crippen LogP contribution is 2.55. The topological polar surface area (TPSA) is 33.5 Å². The molecule has 116 valence electrons. The van der Waals surface area contributed by atoms with Crippen molar-refractivity contribution in [2.24, 2.45) is 0 Å². The highest BCUT2D eigenvalue weighted by Gasteiger charge is 2.34. The van der Waals surface area contributed by atoms with E-state index in [1.165, 1.54) is 70.4 Å². The summed E-state index contributed by atoms with van der Waals surface area (Å²) in [5, 5.41) is 11.0. The number of rotatable bonds is 4. The molecule has 0 saturated carbocycles. The van der Waals surface area contributed by atoms with Crippen LogP contribution in [0.15, 0.2) is 11.0 Å². The molecule has 0 spiro atoms. The van der Waals surface area contributed by atoms with Crippen LogP contribution < -0.4 is 0 Å². The van der Waals surface area contributed by atoms with Crippen LogP contribution in [0.3, 0.4) is 0 Å². The fourth-order valence-corrected chi connectivity index (χ4v) is 6.48. The fourth-order valence-electron chi connectivity index (χ4n) is 3.71. The highest BCUT2D eigenvalue weighted by molar-refractivity contribution is 7.57. The highest BCUT2D eigenvalue weighted by atomic mass is 31.1. The summed E-state index contributed by atoms with van der Waals surface area (Å²) in [6, 6.07) is 2.62. The summed E-state index contributed by atoms with van der Waals surface area (Å²) in [7, 11) is -0.538. The monoisotopic (exact) mass is 306 g/mol. The summed E-state index contributed by atoms with van der Waals surface area (Å²) < 4.78 is 5.22. The van der Waals surface area contributed by atoms with Gasteiger partial charge in [0.15, 0.2) is 0 Å². The van der Waals surface area contributed by atoms with Gasteiger partial charge in [-0.3, -0.25) is 9.34 Å². The number of hydrogen-bond acceptors (Lipinski definition) is 4. The molecule has 3 rings (SSSR count). The van der Waals surface area contributed by atoms with Crippen LogP contribution in [-0.4, -0.2) is 53.5 Å². The van der Waals surface area contributed by atoms with Crippen molar-refractivity contribution in [3.8, 4) is 6.07 Å². The van der Waals surface area contributed by atoms with Gasteiger partial charge in [0.2, 0.25) is 0 Å². The summed E-state index contributed by atoms with van der Waals surface area (Å²) in [4.78, 5) is 2.44. The molecule has 0 bridgehead atoms.